The minimum absolute atomic E-state index is 0.00821. The van der Waals surface area contributed by atoms with Gasteiger partial charge in [0.05, 0.1) is 70.0 Å². The van der Waals surface area contributed by atoms with Crippen molar-refractivity contribution in [1.82, 2.24) is 21.3 Å². The molecule has 0 bridgehead atoms. The van der Waals surface area contributed by atoms with E-state index in [-0.39, 0.29) is 165 Å². The quantitative estimate of drug-likeness (QED) is 0.0339. The number of rotatable bonds is 60. The van der Waals surface area contributed by atoms with E-state index in [2.05, 4.69) is 21.3 Å². The van der Waals surface area contributed by atoms with Gasteiger partial charge in [-0.2, -0.15) is 0 Å². The molecule has 9 N–H and O–H groups in total. The van der Waals surface area contributed by atoms with Crippen molar-refractivity contribution >= 4 is 58.6 Å². The number of aliphatic carboxylic acids is 3. The Morgan fingerprint density at radius 2 is 0.963 bits per heavy atom. The number of ketones is 5. The standard InChI is InChI=1S/C58H103N5O17/c1-4-44(2)56(60-3)52(68)41-63-50(51(67)40-59)24-19-20-30-61-54(70)43-80-37-34-77-32-21-23-49(66)42-79-36-35-78-33-31-62-53(69)29-27-46(58(75)76)39-48(65)28-26-45(57(73)74)38-47(64)22-17-15-13-11-9-7-5-6-8-10-12-14-16-18-25-55(71)72/h44-46,50,56,60,63H,4-43,59H2,1-3H3,(H,61,70)(H,62,69)(H,71,72)(H,73,74)(H,75,76)/t44?,45?,46?,50-,56-/m0/s1. The van der Waals surface area contributed by atoms with E-state index in [4.69, 9.17) is 29.8 Å². The van der Waals surface area contributed by atoms with Crippen LogP contribution in [0.4, 0.5) is 0 Å². The summed E-state index contributed by atoms with van der Waals surface area (Å²) >= 11 is 0. The molecule has 2 amide bonds. The van der Waals surface area contributed by atoms with E-state index >= 15 is 0 Å². The van der Waals surface area contributed by atoms with Gasteiger partial charge in [-0.25, -0.2) is 0 Å². The van der Waals surface area contributed by atoms with E-state index in [9.17, 15) is 58.2 Å². The van der Waals surface area contributed by atoms with Crippen LogP contribution in [0.3, 0.4) is 0 Å². The summed E-state index contributed by atoms with van der Waals surface area (Å²) in [6, 6.07) is -0.829. The van der Waals surface area contributed by atoms with Crippen molar-refractivity contribution in [1.29, 1.82) is 0 Å². The zero-order chi connectivity index (χ0) is 59.6. The maximum atomic E-state index is 12.7. The predicted molar refractivity (Wildman–Crippen MR) is 302 cm³/mol. The summed E-state index contributed by atoms with van der Waals surface area (Å²) in [6.07, 6.45) is 17.6. The highest BCUT2D eigenvalue weighted by atomic mass is 16.5. The van der Waals surface area contributed by atoms with Crippen LogP contribution < -0.4 is 27.0 Å². The van der Waals surface area contributed by atoms with Gasteiger partial charge in [-0.05, 0) is 64.3 Å². The van der Waals surface area contributed by atoms with Crippen LogP contribution in [-0.4, -0.2) is 172 Å². The summed E-state index contributed by atoms with van der Waals surface area (Å²) in [5, 5.41) is 39.6. The molecule has 22 heteroatoms. The van der Waals surface area contributed by atoms with Gasteiger partial charge in [-0.3, -0.25) is 47.9 Å². The van der Waals surface area contributed by atoms with Gasteiger partial charge in [0, 0.05) is 64.6 Å². The van der Waals surface area contributed by atoms with Gasteiger partial charge in [0.2, 0.25) is 11.8 Å². The second-order valence-corrected chi connectivity index (χ2v) is 20.9. The molecule has 0 aliphatic heterocycles. The van der Waals surface area contributed by atoms with Crippen molar-refractivity contribution in [3.8, 4) is 0 Å². The van der Waals surface area contributed by atoms with Crippen molar-refractivity contribution < 1.29 is 82.2 Å². The second kappa shape index (κ2) is 51.3. The lowest BCUT2D eigenvalue weighted by molar-refractivity contribution is -0.145. The Labute approximate surface area is 476 Å². The summed E-state index contributed by atoms with van der Waals surface area (Å²) in [7, 11) is 1.75. The molecule has 0 aromatic heterocycles. The summed E-state index contributed by atoms with van der Waals surface area (Å²) < 4.78 is 21.6. The maximum absolute atomic E-state index is 12.7. The summed E-state index contributed by atoms with van der Waals surface area (Å²) in [6.45, 7) is 5.51. The Bertz CT molecular complexity index is 1750. The van der Waals surface area contributed by atoms with Crippen molar-refractivity contribution in [3.63, 3.8) is 0 Å². The first-order chi connectivity index (χ1) is 38.4. The Hall–Kier alpha value is -4.58. The lowest BCUT2D eigenvalue weighted by Crippen LogP contribution is -2.48. The number of carbonyl (C=O) groups is 10. The average Bonchev–Trinajstić information content (AvgIpc) is 3.42. The van der Waals surface area contributed by atoms with Gasteiger partial charge in [-0.15, -0.1) is 0 Å². The fourth-order valence-electron chi connectivity index (χ4n) is 8.93. The fourth-order valence-corrected chi connectivity index (χ4v) is 8.93. The van der Waals surface area contributed by atoms with Crippen molar-refractivity contribution in [2.24, 2.45) is 23.5 Å². The third-order valence-electron chi connectivity index (χ3n) is 14.0. The molecule has 0 rings (SSSR count). The van der Waals surface area contributed by atoms with Gasteiger partial charge in [-0.1, -0.05) is 97.3 Å². The lowest BCUT2D eigenvalue weighted by Gasteiger charge is -2.23. The number of carboxylic acids is 3. The first kappa shape index (κ1) is 75.4. The number of likely N-dealkylation sites (N-methyl/N-ethyl adjacent to an activating group) is 1. The minimum Gasteiger partial charge on any atom is -0.481 e. The maximum Gasteiger partial charge on any atom is 0.306 e. The molecule has 462 valence electrons. The number of carbonyl (C=O) groups excluding carboxylic acids is 7. The molecule has 0 radical (unpaired) electrons. The Balaban J connectivity index is 3.99. The summed E-state index contributed by atoms with van der Waals surface area (Å²) in [5.41, 5.74) is 5.58. The highest BCUT2D eigenvalue weighted by Crippen LogP contribution is 2.20. The van der Waals surface area contributed by atoms with E-state index in [0.717, 1.165) is 57.8 Å². The van der Waals surface area contributed by atoms with Gasteiger partial charge in [0.25, 0.3) is 0 Å². The van der Waals surface area contributed by atoms with Crippen LogP contribution in [0.15, 0.2) is 0 Å². The third kappa shape index (κ3) is 44.1. The molecule has 0 aliphatic rings. The molecule has 0 saturated heterocycles. The molecular weight excluding hydrogens is 1040 g/mol. The number of nitrogens with one attached hydrogen (secondary N) is 4. The molecule has 5 atom stereocenters. The number of ether oxygens (including phenoxy) is 4. The molecule has 80 heavy (non-hydrogen) atoms. The van der Waals surface area contributed by atoms with E-state index in [1.54, 1.807) is 7.05 Å². The van der Waals surface area contributed by atoms with E-state index in [1.165, 1.54) is 32.1 Å². The second-order valence-electron chi connectivity index (χ2n) is 20.9. The molecule has 0 saturated carbocycles. The van der Waals surface area contributed by atoms with Gasteiger partial charge >= 0.3 is 17.9 Å². The number of nitrogens with two attached hydrogens (primary N) is 1. The lowest BCUT2D eigenvalue weighted by atomic mass is 9.90. The molecular formula is C58H103N5O17. The average molecular weight is 1140 g/mol. The molecule has 0 aliphatic carbocycles. The zero-order valence-corrected chi connectivity index (χ0v) is 48.8. The predicted octanol–water partition coefficient (Wildman–Crippen LogP) is 5.70. The smallest absolute Gasteiger partial charge is 0.306 e. The van der Waals surface area contributed by atoms with Crippen molar-refractivity contribution in [3.05, 3.63) is 0 Å². The normalized spacial score (nSPS) is 13.2. The van der Waals surface area contributed by atoms with Crippen LogP contribution in [0.5, 0.6) is 0 Å². The molecule has 3 unspecified atom stereocenters. The van der Waals surface area contributed by atoms with Crippen molar-refractivity contribution in [2.75, 3.05) is 86.1 Å². The van der Waals surface area contributed by atoms with Crippen LogP contribution in [-0.2, 0) is 66.9 Å². The van der Waals surface area contributed by atoms with Crippen LogP contribution in [0.1, 0.15) is 194 Å². The first-order valence-electron chi connectivity index (χ1n) is 29.7. The summed E-state index contributed by atoms with van der Waals surface area (Å²) in [5.74, 6) is -6.73. The highest BCUT2D eigenvalue weighted by Gasteiger charge is 2.27. The van der Waals surface area contributed by atoms with Crippen LogP contribution >= 0.6 is 0 Å². The van der Waals surface area contributed by atoms with Gasteiger partial charge in [0.15, 0.2) is 17.3 Å². The van der Waals surface area contributed by atoms with Crippen LogP contribution in [0.2, 0.25) is 0 Å². The molecule has 22 nitrogen and oxygen atoms in total. The molecule has 0 heterocycles. The van der Waals surface area contributed by atoms with Crippen LogP contribution in [0, 0.1) is 17.8 Å². The molecule has 0 fully saturated rings. The fraction of sp³-hybridized carbons (Fsp3) is 0.828. The SMILES string of the molecule is CCC(C)[C@H](NC)C(=O)CN[C@@H](CCCCNC(=O)COCCOCCCC(=O)COCCOCCNC(=O)CCC(CC(=O)CCC(CC(=O)CCCCCCCCCCCCCCCCC(=O)O)C(=O)O)C(=O)O)C(=O)CN. The van der Waals surface area contributed by atoms with Crippen LogP contribution in [0.25, 0.3) is 0 Å². The first-order valence-corrected chi connectivity index (χ1v) is 29.7. The zero-order valence-electron chi connectivity index (χ0n) is 48.8. The van der Waals surface area contributed by atoms with Gasteiger partial charge < -0.3 is 61.3 Å². The Kier molecular flexibility index (Phi) is 48.4. The van der Waals surface area contributed by atoms with E-state index in [1.807, 2.05) is 13.8 Å². The monoisotopic (exact) mass is 1140 g/mol. The number of Topliss-reactive ketones (excluding diaryl/α,β-unsaturated/α-hetero) is 5. The Morgan fingerprint density at radius 1 is 0.475 bits per heavy atom. The number of amides is 2. The number of hydrogen-bond acceptors (Lipinski definition) is 17. The third-order valence-corrected chi connectivity index (χ3v) is 14.0. The van der Waals surface area contributed by atoms with Crippen molar-refractivity contribution in [2.45, 2.75) is 206 Å². The Morgan fingerprint density at radius 3 is 1.50 bits per heavy atom. The topological polar surface area (TPSA) is 342 Å². The largest absolute Gasteiger partial charge is 0.481 e. The molecule has 0 spiro atoms. The minimum atomic E-state index is -1.24. The van der Waals surface area contributed by atoms with E-state index in [0.29, 0.717) is 45.3 Å². The number of carboxylic acid groups (broad SMARTS) is 3. The number of hydrogen-bond donors (Lipinski definition) is 8. The van der Waals surface area contributed by atoms with Gasteiger partial charge in [0.1, 0.15) is 24.8 Å². The summed E-state index contributed by atoms with van der Waals surface area (Å²) in [4.78, 5) is 121. The van der Waals surface area contributed by atoms with E-state index < -0.39 is 47.5 Å². The molecule has 0 aromatic rings. The number of unbranched alkanes of at least 4 members (excludes halogenated alkanes) is 14. The highest BCUT2D eigenvalue weighted by molar-refractivity contribution is 5.89. The molecule has 0 aromatic carbocycles.